The van der Waals surface area contributed by atoms with E-state index in [4.69, 9.17) is 19.9 Å². The molecule has 8 N–H and O–H groups in total. The number of urea groups is 1. The molecule has 87 heavy (non-hydrogen) atoms. The zero-order valence-corrected chi connectivity index (χ0v) is 52.0. The highest BCUT2D eigenvalue weighted by atomic mass is 16.6. The van der Waals surface area contributed by atoms with Crippen molar-refractivity contribution in [2.24, 2.45) is 28.9 Å². The van der Waals surface area contributed by atoms with Gasteiger partial charge in [0.2, 0.25) is 17.7 Å². The fourth-order valence-electron chi connectivity index (χ4n) is 9.22. The number of unbranched alkanes of at least 4 members (excludes halogenated alkanes) is 2. The third-order valence-corrected chi connectivity index (χ3v) is 14.2. The van der Waals surface area contributed by atoms with Crippen LogP contribution >= 0.6 is 0 Å². The van der Waals surface area contributed by atoms with Gasteiger partial charge in [0.15, 0.2) is 11.6 Å². The molecule has 0 aromatic heterocycles. The second kappa shape index (κ2) is 38.6. The molecule has 0 aliphatic carbocycles. The maximum atomic E-state index is 13.7. The highest BCUT2D eigenvalue weighted by Crippen LogP contribution is 2.24. The summed E-state index contributed by atoms with van der Waals surface area (Å²) in [7, 11) is 0. The van der Waals surface area contributed by atoms with Crippen LogP contribution in [0.5, 0.6) is 0 Å². The third kappa shape index (κ3) is 29.0. The lowest BCUT2D eigenvalue weighted by molar-refractivity contribution is -0.147. The molecule has 6 atom stereocenters. The summed E-state index contributed by atoms with van der Waals surface area (Å²) in [5, 5.41) is 16.3. The molecule has 2 aliphatic heterocycles. The summed E-state index contributed by atoms with van der Waals surface area (Å²) in [6.45, 7) is 17.4. The number of nitrogens with zero attached hydrogens (tertiary/aromatic N) is 1. The number of allylic oxidation sites excluding steroid dienone is 6. The second-order valence-electron chi connectivity index (χ2n) is 23.1. The normalized spacial score (nSPS) is 16.3. The highest BCUT2D eigenvalue weighted by Gasteiger charge is 2.32. The van der Waals surface area contributed by atoms with Crippen molar-refractivity contribution >= 4 is 71.0 Å². The lowest BCUT2D eigenvalue weighted by Gasteiger charge is -2.29. The Morgan fingerprint density at radius 3 is 2.09 bits per heavy atom. The van der Waals surface area contributed by atoms with E-state index in [0.717, 1.165) is 10.5 Å². The van der Waals surface area contributed by atoms with E-state index in [2.05, 4.69) is 31.9 Å². The van der Waals surface area contributed by atoms with Crippen LogP contribution < -0.4 is 37.6 Å². The van der Waals surface area contributed by atoms with E-state index >= 15 is 0 Å². The number of ketones is 2. The number of benzene rings is 1. The fourth-order valence-corrected chi connectivity index (χ4v) is 9.22. The number of esters is 1. The van der Waals surface area contributed by atoms with Gasteiger partial charge in [-0.15, -0.1) is 0 Å². The van der Waals surface area contributed by atoms with Crippen LogP contribution in [0.25, 0.3) is 0 Å². The smallest absolute Gasteiger partial charge is 0.407 e. The number of ether oxygens (including phenoxy) is 3. The van der Waals surface area contributed by atoms with Gasteiger partial charge >= 0.3 is 24.2 Å². The van der Waals surface area contributed by atoms with Crippen molar-refractivity contribution in [1.82, 2.24) is 31.5 Å². The Kier molecular flexibility index (Phi) is 32.3. The first-order chi connectivity index (χ1) is 41.3. The molecule has 22 nitrogen and oxygen atoms in total. The van der Waals surface area contributed by atoms with Crippen molar-refractivity contribution in [2.75, 3.05) is 31.5 Å². The van der Waals surface area contributed by atoms with Gasteiger partial charge in [0.1, 0.15) is 18.8 Å². The first kappa shape index (κ1) is 72.8. The number of amides is 9. The van der Waals surface area contributed by atoms with Gasteiger partial charge in [-0.1, -0.05) is 120 Å². The fraction of sp³-hybridized carbons (Fsp3) is 0.523. The number of nitrogens with two attached hydrogens (primary N) is 1. The molecule has 2 aliphatic rings. The van der Waals surface area contributed by atoms with Gasteiger partial charge in [0.25, 0.3) is 11.8 Å². The van der Waals surface area contributed by atoms with Gasteiger partial charge in [0, 0.05) is 106 Å². The Morgan fingerprint density at radius 1 is 0.793 bits per heavy atom. The number of cyclic esters (lactones) is 1. The quantitative estimate of drug-likeness (QED) is 0.00626. The van der Waals surface area contributed by atoms with Gasteiger partial charge in [0.05, 0.1) is 12.1 Å². The molecule has 0 radical (unpaired) electrons. The molecule has 3 rings (SSSR count). The number of anilines is 1. The Bertz CT molecular complexity index is 2740. The molecule has 0 fully saturated rings. The zero-order valence-electron chi connectivity index (χ0n) is 52.0. The SMILES string of the molecule is C/C=C\C[C@@H](C/C=C\CC(=O)[C@@H](NC(=O)\C=C/C=C\C(C)=C\[C@H](C)[C@@H]1CC=C(C)C(=O)O1)C(C)(C)C)OC(=O)NCCCNC(=O)OCc1ccc(NC(=O)[C@H](CCCNC(N)=O)CC(=O)[C@@H](NC(=O)CCCCCN2C(=O)C=CC2=O)C(C)C)cc1. The lowest BCUT2D eigenvalue weighted by atomic mass is 9.83. The summed E-state index contributed by atoms with van der Waals surface area (Å²) in [6, 6.07) is 4.21. The lowest BCUT2D eigenvalue weighted by Crippen LogP contribution is -2.48. The molecule has 0 saturated carbocycles. The van der Waals surface area contributed by atoms with E-state index in [1.54, 1.807) is 69.3 Å². The number of alkyl carbamates (subject to hydrolysis) is 2. The third-order valence-electron chi connectivity index (χ3n) is 14.2. The summed E-state index contributed by atoms with van der Waals surface area (Å²) < 4.78 is 16.5. The van der Waals surface area contributed by atoms with Gasteiger partial charge in [-0.05, 0) is 81.9 Å². The summed E-state index contributed by atoms with van der Waals surface area (Å²) in [6.07, 6.45) is 21.9. The van der Waals surface area contributed by atoms with Crippen molar-refractivity contribution in [2.45, 2.75) is 170 Å². The molecule has 22 heteroatoms. The Morgan fingerprint density at radius 2 is 1.45 bits per heavy atom. The van der Waals surface area contributed by atoms with Crippen molar-refractivity contribution < 1.29 is 67.0 Å². The Labute approximate surface area is 512 Å². The largest absolute Gasteiger partial charge is 0.458 e. The number of primary amides is 1. The summed E-state index contributed by atoms with van der Waals surface area (Å²) in [5.41, 5.74) is 7.23. The molecule has 0 saturated heterocycles. The average molecular weight is 1210 g/mol. The van der Waals surface area contributed by atoms with Gasteiger partial charge in [-0.3, -0.25) is 38.5 Å². The molecule has 9 amide bonds. The summed E-state index contributed by atoms with van der Waals surface area (Å²) in [4.78, 5) is 140. The van der Waals surface area contributed by atoms with E-state index in [1.165, 1.54) is 18.2 Å². The second-order valence-corrected chi connectivity index (χ2v) is 23.1. The monoisotopic (exact) mass is 1210 g/mol. The summed E-state index contributed by atoms with van der Waals surface area (Å²) >= 11 is 0. The Balaban J connectivity index is 1.40. The van der Waals surface area contributed by atoms with Gasteiger partial charge in [-0.2, -0.15) is 0 Å². The highest BCUT2D eigenvalue weighted by molar-refractivity contribution is 6.12. The van der Waals surface area contributed by atoms with Crippen LogP contribution in [0.15, 0.2) is 108 Å². The van der Waals surface area contributed by atoms with E-state index in [-0.39, 0.29) is 112 Å². The van der Waals surface area contributed by atoms with Gasteiger partial charge in [-0.25, -0.2) is 19.2 Å². The van der Waals surface area contributed by atoms with Crippen LogP contribution in [-0.2, 0) is 59.2 Å². The molecule has 0 unspecified atom stereocenters. The van der Waals surface area contributed by atoms with E-state index < -0.39 is 59.6 Å². The molecule has 1 aromatic rings. The predicted molar refractivity (Wildman–Crippen MR) is 331 cm³/mol. The van der Waals surface area contributed by atoms with Crippen LogP contribution in [-0.4, -0.2) is 121 Å². The number of hydrogen-bond donors (Lipinski definition) is 7. The number of carbonyl (C=O) groups is 11. The standard InChI is InChI=1S/C65H92N8O14/c1-10-11-23-50(24-15-16-25-51(74)59(65(7,8)9)72-55(77)27-17-14-21-44(4)40-46(6)53-33-28-45(5)61(81)87-53)86-64(84)69-38-20-37-68-63(83)85-42-47-29-31-49(32-30-47)70-60(80)48(22-19-36-67-62(66)82)41-52(75)58(43(2)3)71-54(76)26-13-12-18-39-73-56(78)34-35-57(73)79/h10-11,14-17,21,27-32,34-35,40,43,46,48,50,53,58-59H,12-13,18-20,22-26,33,36-39,41-42H2,1-9H3,(H,68,83)(H,69,84)(H,70,80)(H,71,76)(H,72,77)(H3,66,67,82)/b11-10-,16-15-,21-14-,27-17-,44-40+/t46-,48+,50-,53-,58-,59+/m0/s1. The van der Waals surface area contributed by atoms with Crippen LogP contribution in [0.1, 0.15) is 145 Å². The minimum atomic E-state index is -0.863. The van der Waals surface area contributed by atoms with Gasteiger partial charge < -0.3 is 51.8 Å². The average Bonchev–Trinajstić information content (AvgIpc) is 3.68. The van der Waals surface area contributed by atoms with Crippen molar-refractivity contribution in [1.29, 1.82) is 0 Å². The van der Waals surface area contributed by atoms with Crippen LogP contribution in [0.4, 0.5) is 20.1 Å². The number of imide groups is 1. The van der Waals surface area contributed by atoms with Crippen molar-refractivity contribution in [3.05, 3.63) is 114 Å². The summed E-state index contributed by atoms with van der Waals surface area (Å²) in [5.74, 6) is -3.84. The number of carbonyl (C=O) groups excluding carboxylic acids is 11. The van der Waals surface area contributed by atoms with Crippen molar-refractivity contribution in [3.8, 4) is 0 Å². The molecule has 0 bridgehead atoms. The van der Waals surface area contributed by atoms with E-state index in [9.17, 15) is 52.7 Å². The number of hydrogen-bond acceptors (Lipinski definition) is 14. The van der Waals surface area contributed by atoms with Crippen LogP contribution in [0, 0.1) is 23.2 Å². The van der Waals surface area contributed by atoms with Crippen LogP contribution in [0.2, 0.25) is 0 Å². The molecule has 476 valence electrons. The predicted octanol–water partition coefficient (Wildman–Crippen LogP) is 8.35. The topological polar surface area (TPSA) is 317 Å². The maximum absolute atomic E-state index is 13.7. The molecule has 2 heterocycles. The number of Topliss-reactive ketones (excluding diaryl/α,β-unsaturated/α-hetero) is 2. The van der Waals surface area contributed by atoms with Crippen molar-refractivity contribution in [3.63, 3.8) is 0 Å². The minimum Gasteiger partial charge on any atom is -0.458 e. The number of nitrogens with one attached hydrogen (secondary N) is 6. The minimum absolute atomic E-state index is 0.000629. The maximum Gasteiger partial charge on any atom is 0.407 e. The van der Waals surface area contributed by atoms with E-state index in [0.29, 0.717) is 68.2 Å². The molecular weight excluding hydrogens is 1120 g/mol. The molecular formula is C65H92N8O14. The number of rotatable bonds is 37. The zero-order chi connectivity index (χ0) is 64.5. The molecule has 1 aromatic carbocycles. The first-order valence-corrected chi connectivity index (χ1v) is 29.9. The Hall–Kier alpha value is -8.43. The first-order valence-electron chi connectivity index (χ1n) is 29.9. The van der Waals surface area contributed by atoms with Crippen LogP contribution in [0.3, 0.4) is 0 Å². The van der Waals surface area contributed by atoms with E-state index in [1.807, 2.05) is 71.9 Å². The molecule has 0 spiro atoms.